The van der Waals surface area contributed by atoms with Crippen LogP contribution in [0.5, 0.6) is 23.8 Å². The Balaban J connectivity index is 1.57. The van der Waals surface area contributed by atoms with Crippen LogP contribution in [0.1, 0.15) is 6.92 Å². The second-order valence-corrected chi connectivity index (χ2v) is 9.98. The smallest absolute Gasteiger partial charge is 0.326 e. The Morgan fingerprint density at radius 2 is 1.42 bits per heavy atom. The molecule has 2 aromatic carbocycles. The molecule has 8 nitrogen and oxygen atoms in total. The molecule has 2 unspecified atom stereocenters. The van der Waals surface area contributed by atoms with Gasteiger partial charge in [0.05, 0.1) is 11.0 Å². The summed E-state index contributed by atoms with van der Waals surface area (Å²) < 4.78 is 36.8. The quantitative estimate of drug-likeness (QED) is 0.321. The number of fused-ring (bicyclic) bond motifs is 3. The van der Waals surface area contributed by atoms with Gasteiger partial charge in [-0.15, -0.1) is 15.0 Å². The molecule has 1 aliphatic heterocycles. The second kappa shape index (κ2) is 9.88. The van der Waals surface area contributed by atoms with Gasteiger partial charge in [-0.3, -0.25) is 4.57 Å². The molecular weight excluding hydrogens is 441 g/mol. The second-order valence-electron chi connectivity index (χ2n) is 7.24. The Morgan fingerprint density at radius 3 is 2.06 bits per heavy atom. The van der Waals surface area contributed by atoms with Crippen molar-refractivity contribution < 1.29 is 23.3 Å². The van der Waals surface area contributed by atoms with Crippen molar-refractivity contribution in [3.05, 3.63) is 73.8 Å². The predicted octanol–water partition coefficient (Wildman–Crippen LogP) is 4.43. The molecule has 2 atom stereocenters. The lowest BCUT2D eigenvalue weighted by Crippen LogP contribution is -2.28. The molecule has 33 heavy (non-hydrogen) atoms. The predicted molar refractivity (Wildman–Crippen MR) is 126 cm³/mol. The minimum Gasteiger partial charge on any atom is -0.462 e. The molecule has 0 fully saturated rings. The summed E-state index contributed by atoms with van der Waals surface area (Å²) in [5, 5.41) is 0.667. The highest BCUT2D eigenvalue weighted by atomic mass is 31.2. The number of rotatable bonds is 10. The fourth-order valence-electron chi connectivity index (χ4n) is 3.34. The lowest BCUT2D eigenvalue weighted by Gasteiger charge is -2.32. The molecule has 0 saturated heterocycles. The van der Waals surface area contributed by atoms with Gasteiger partial charge in [-0.25, -0.2) is 0 Å². The Morgan fingerprint density at radius 1 is 0.879 bits per heavy atom. The van der Waals surface area contributed by atoms with Gasteiger partial charge in [0, 0.05) is 5.56 Å². The molecule has 170 valence electrons. The molecule has 4 rings (SSSR count). The van der Waals surface area contributed by atoms with Crippen LogP contribution < -0.4 is 24.0 Å². The summed E-state index contributed by atoms with van der Waals surface area (Å²) in [6.45, 7) is 9.49. The maximum atomic E-state index is 14.1. The molecule has 9 heteroatoms. The van der Waals surface area contributed by atoms with Crippen LogP contribution in [0.25, 0.3) is 11.1 Å². The van der Waals surface area contributed by atoms with Crippen LogP contribution in [0.2, 0.25) is 0 Å². The van der Waals surface area contributed by atoms with E-state index in [2.05, 4.69) is 28.1 Å². The molecule has 0 amide bonds. The Hall–Kier alpha value is -3.64. The van der Waals surface area contributed by atoms with E-state index in [0.29, 0.717) is 11.1 Å². The maximum Gasteiger partial charge on any atom is 0.326 e. The first-order valence-electron chi connectivity index (χ1n) is 10.4. The van der Waals surface area contributed by atoms with Gasteiger partial charge in [-0.2, -0.15) is 0 Å². The fourth-order valence-corrected chi connectivity index (χ4v) is 5.64. The number of para-hydroxylation sites is 1. The number of hydrogen-bond donors (Lipinski definition) is 0. The monoisotopic (exact) mass is 465 g/mol. The molecule has 0 N–H and O–H groups in total. The molecule has 1 aliphatic rings. The highest BCUT2D eigenvalue weighted by molar-refractivity contribution is 7.68. The van der Waals surface area contributed by atoms with Crippen molar-refractivity contribution in [1.82, 2.24) is 15.0 Å². The average molecular weight is 465 g/mol. The minimum atomic E-state index is -3.31. The van der Waals surface area contributed by atoms with Crippen molar-refractivity contribution in [1.29, 1.82) is 0 Å². The van der Waals surface area contributed by atoms with Gasteiger partial charge in [0.1, 0.15) is 25.6 Å². The zero-order chi connectivity index (χ0) is 23.3. The highest BCUT2D eigenvalue weighted by Gasteiger charge is 2.41. The lowest BCUT2D eigenvalue weighted by atomic mass is 10.0. The van der Waals surface area contributed by atoms with E-state index >= 15 is 0 Å². The number of aromatic nitrogens is 3. The van der Waals surface area contributed by atoms with Crippen molar-refractivity contribution in [2.75, 3.05) is 19.8 Å². The maximum absolute atomic E-state index is 14.1. The lowest BCUT2D eigenvalue weighted by molar-refractivity contribution is 0.252. The third-order valence-electron chi connectivity index (χ3n) is 4.92. The summed E-state index contributed by atoms with van der Waals surface area (Å²) in [6.07, 6.45) is 3.13. The van der Waals surface area contributed by atoms with Crippen LogP contribution in [-0.4, -0.2) is 40.4 Å². The minimum absolute atomic E-state index is 0.00716. The first-order chi connectivity index (χ1) is 16.0. The van der Waals surface area contributed by atoms with Crippen LogP contribution in [0.3, 0.4) is 0 Å². The number of benzene rings is 2. The number of nitrogens with zero attached hydrogens (tertiary/aromatic N) is 3. The highest BCUT2D eigenvalue weighted by Crippen LogP contribution is 2.57. The number of ether oxygens (including phenoxy) is 3. The van der Waals surface area contributed by atoms with E-state index < -0.39 is 13.0 Å². The van der Waals surface area contributed by atoms with E-state index in [9.17, 15) is 4.57 Å². The summed E-state index contributed by atoms with van der Waals surface area (Å²) in [5.41, 5.74) is 1.33. The van der Waals surface area contributed by atoms with Crippen molar-refractivity contribution in [2.24, 2.45) is 0 Å². The van der Waals surface area contributed by atoms with Crippen LogP contribution in [0, 0.1) is 0 Å². The molecule has 0 bridgehead atoms. The van der Waals surface area contributed by atoms with Crippen LogP contribution in [0.4, 0.5) is 0 Å². The van der Waals surface area contributed by atoms with Gasteiger partial charge in [-0.05, 0) is 24.6 Å². The molecule has 2 heterocycles. The molecule has 0 radical (unpaired) electrons. The topological polar surface area (TPSA) is 92.7 Å². The summed E-state index contributed by atoms with van der Waals surface area (Å²) in [7, 11) is -3.31. The molecular formula is C24H24N3O5P. The first kappa shape index (κ1) is 22.6. The molecule has 1 aromatic heterocycles. The van der Waals surface area contributed by atoms with Crippen molar-refractivity contribution in [3.63, 3.8) is 0 Å². The normalized spacial score (nSPS) is 17.0. The SMILES string of the molecule is C=CCOc1nc(OCC=C)nc(OCC(C)P2(=O)Oc3ccccc3-c3ccccc32)n1. The Kier molecular flexibility index (Phi) is 6.75. The zero-order valence-corrected chi connectivity index (χ0v) is 19.1. The fraction of sp³-hybridized carbons (Fsp3) is 0.208. The third kappa shape index (κ3) is 4.76. The van der Waals surface area contributed by atoms with E-state index in [1.54, 1.807) is 12.2 Å². The summed E-state index contributed by atoms with van der Waals surface area (Å²) in [6, 6.07) is 15.2. The van der Waals surface area contributed by atoms with E-state index in [0.717, 1.165) is 11.1 Å². The van der Waals surface area contributed by atoms with Gasteiger partial charge in [0.25, 0.3) is 7.37 Å². The summed E-state index contributed by atoms with van der Waals surface area (Å²) in [4.78, 5) is 12.4. The van der Waals surface area contributed by atoms with Gasteiger partial charge >= 0.3 is 18.0 Å². The number of hydrogen-bond acceptors (Lipinski definition) is 8. The van der Waals surface area contributed by atoms with E-state index in [1.807, 2.05) is 55.5 Å². The molecule has 0 spiro atoms. The van der Waals surface area contributed by atoms with Crippen molar-refractivity contribution in [2.45, 2.75) is 12.6 Å². The summed E-state index contributed by atoms with van der Waals surface area (Å²) in [5.74, 6) is 0.590. The largest absolute Gasteiger partial charge is 0.462 e. The zero-order valence-electron chi connectivity index (χ0n) is 18.2. The van der Waals surface area contributed by atoms with Crippen LogP contribution in [0.15, 0.2) is 73.8 Å². The molecule has 3 aromatic rings. The van der Waals surface area contributed by atoms with Crippen molar-refractivity contribution in [3.8, 4) is 34.9 Å². The van der Waals surface area contributed by atoms with Crippen molar-refractivity contribution >= 4 is 12.7 Å². The Bertz CT molecular complexity index is 1190. The van der Waals surface area contributed by atoms with Gasteiger partial charge in [0.15, 0.2) is 0 Å². The van der Waals surface area contributed by atoms with E-state index in [4.69, 9.17) is 18.7 Å². The van der Waals surface area contributed by atoms with E-state index in [-0.39, 0.29) is 37.9 Å². The van der Waals surface area contributed by atoms with Gasteiger partial charge in [0.2, 0.25) is 0 Å². The third-order valence-corrected chi connectivity index (χ3v) is 7.76. The summed E-state index contributed by atoms with van der Waals surface area (Å²) >= 11 is 0. The van der Waals surface area contributed by atoms with Gasteiger partial charge in [-0.1, -0.05) is 61.7 Å². The molecule has 0 aliphatic carbocycles. The van der Waals surface area contributed by atoms with Crippen LogP contribution in [-0.2, 0) is 4.57 Å². The first-order valence-corrected chi connectivity index (χ1v) is 12.1. The Labute approximate surface area is 192 Å². The van der Waals surface area contributed by atoms with Gasteiger partial charge < -0.3 is 18.7 Å². The molecule has 0 saturated carbocycles. The average Bonchev–Trinajstić information content (AvgIpc) is 2.85. The van der Waals surface area contributed by atoms with Crippen LogP contribution >= 0.6 is 7.37 Å². The van der Waals surface area contributed by atoms with E-state index in [1.165, 1.54) is 0 Å². The standard InChI is InChI=1S/C24H24N3O5P/c1-4-14-29-22-25-23(30-15-5-2)27-24(26-22)31-16-17(3)33(28)21-13-9-7-11-19(21)18-10-6-8-12-20(18)32-33/h4-13,17H,1-2,14-16H2,3H3.